The maximum atomic E-state index is 6.39. The predicted octanol–water partition coefficient (Wildman–Crippen LogP) is 4.56. The highest BCUT2D eigenvalue weighted by Gasteiger charge is 2.32. The summed E-state index contributed by atoms with van der Waals surface area (Å²) in [5, 5.41) is 0.732. The molecule has 0 spiro atoms. The van der Waals surface area contributed by atoms with E-state index >= 15 is 0 Å². The van der Waals surface area contributed by atoms with Crippen molar-refractivity contribution in [1.29, 1.82) is 0 Å². The van der Waals surface area contributed by atoms with Crippen LogP contribution in [0.1, 0.15) is 38.6 Å². The number of aromatic nitrogens is 2. The minimum absolute atomic E-state index is 0.121. The van der Waals surface area contributed by atoms with Gasteiger partial charge in [0.2, 0.25) is 0 Å². The molecule has 0 N–H and O–H groups in total. The molecule has 1 aromatic heterocycles. The SMILES string of the molecule is CC1(C)CC(n2c(CCl)nc3cccc(Cl)c32)CCO1. The Balaban J connectivity index is 2.14. The van der Waals surface area contributed by atoms with Gasteiger partial charge < -0.3 is 9.30 Å². The summed E-state index contributed by atoms with van der Waals surface area (Å²) in [6.45, 7) is 5.00. The number of fused-ring (bicyclic) bond motifs is 1. The van der Waals surface area contributed by atoms with Crippen LogP contribution in [0.15, 0.2) is 18.2 Å². The number of hydrogen-bond donors (Lipinski definition) is 0. The average molecular weight is 313 g/mol. The summed E-state index contributed by atoms with van der Waals surface area (Å²) in [6, 6.07) is 6.15. The first-order valence-corrected chi connectivity index (χ1v) is 7.78. The van der Waals surface area contributed by atoms with E-state index in [1.54, 1.807) is 0 Å². The van der Waals surface area contributed by atoms with E-state index in [0.29, 0.717) is 11.9 Å². The molecule has 3 rings (SSSR count). The van der Waals surface area contributed by atoms with Crippen LogP contribution in [0.4, 0.5) is 0 Å². The van der Waals surface area contributed by atoms with Crippen molar-refractivity contribution in [2.24, 2.45) is 0 Å². The molecular formula is C15H18Cl2N2O. The van der Waals surface area contributed by atoms with Gasteiger partial charge in [-0.25, -0.2) is 4.98 Å². The molecule has 0 aliphatic carbocycles. The van der Waals surface area contributed by atoms with Gasteiger partial charge in [-0.3, -0.25) is 0 Å². The Kier molecular flexibility index (Phi) is 3.69. The van der Waals surface area contributed by atoms with Gasteiger partial charge in [-0.15, -0.1) is 11.6 Å². The predicted molar refractivity (Wildman–Crippen MR) is 82.6 cm³/mol. The third kappa shape index (κ3) is 2.43. The first kappa shape index (κ1) is 14.2. The van der Waals surface area contributed by atoms with E-state index in [-0.39, 0.29) is 5.60 Å². The minimum Gasteiger partial charge on any atom is -0.375 e. The van der Waals surface area contributed by atoms with Crippen LogP contribution in [0.25, 0.3) is 11.0 Å². The van der Waals surface area contributed by atoms with E-state index < -0.39 is 0 Å². The lowest BCUT2D eigenvalue weighted by Gasteiger charge is -2.37. The number of alkyl halides is 1. The topological polar surface area (TPSA) is 27.1 Å². The van der Waals surface area contributed by atoms with Crippen molar-refractivity contribution >= 4 is 34.2 Å². The number of nitrogens with zero attached hydrogens (tertiary/aromatic N) is 2. The highest BCUT2D eigenvalue weighted by atomic mass is 35.5. The summed E-state index contributed by atoms with van der Waals surface area (Å²) < 4.78 is 8.03. The normalized spacial score (nSPS) is 22.3. The minimum atomic E-state index is -0.121. The van der Waals surface area contributed by atoms with Crippen LogP contribution in [-0.2, 0) is 10.6 Å². The second kappa shape index (κ2) is 5.21. The molecule has 1 aliphatic heterocycles. The molecule has 0 saturated carbocycles. The molecule has 0 amide bonds. The maximum Gasteiger partial charge on any atom is 0.125 e. The summed E-state index contributed by atoms with van der Waals surface area (Å²) in [6.07, 6.45) is 1.90. The molecule has 0 bridgehead atoms. The monoisotopic (exact) mass is 312 g/mol. The lowest BCUT2D eigenvalue weighted by molar-refractivity contribution is -0.0687. The third-order valence-electron chi connectivity index (χ3n) is 3.89. The van der Waals surface area contributed by atoms with Crippen molar-refractivity contribution in [3.05, 3.63) is 29.0 Å². The smallest absolute Gasteiger partial charge is 0.125 e. The van der Waals surface area contributed by atoms with E-state index in [0.717, 1.165) is 41.3 Å². The van der Waals surface area contributed by atoms with Crippen LogP contribution < -0.4 is 0 Å². The highest BCUT2D eigenvalue weighted by molar-refractivity contribution is 6.35. The molecular weight excluding hydrogens is 295 g/mol. The van der Waals surface area contributed by atoms with Crippen LogP contribution in [0, 0.1) is 0 Å². The standard InChI is InChI=1S/C15H18Cl2N2O/c1-15(2)8-10(6-7-20-15)19-13(9-16)18-12-5-3-4-11(17)14(12)19/h3-5,10H,6-9H2,1-2H3. The quantitative estimate of drug-likeness (QED) is 0.760. The Hall–Kier alpha value is -0.770. The number of imidazole rings is 1. The molecule has 5 heteroatoms. The molecule has 1 atom stereocenters. The first-order valence-electron chi connectivity index (χ1n) is 6.87. The van der Waals surface area contributed by atoms with E-state index in [1.807, 2.05) is 18.2 Å². The Bertz CT molecular complexity index is 636. The third-order valence-corrected chi connectivity index (χ3v) is 4.43. The Morgan fingerprint density at radius 1 is 1.45 bits per heavy atom. The summed E-state index contributed by atoms with van der Waals surface area (Å²) in [4.78, 5) is 4.62. The molecule has 1 fully saturated rings. The first-order chi connectivity index (χ1) is 9.52. The molecule has 1 unspecified atom stereocenters. The van der Waals surface area contributed by atoms with E-state index in [9.17, 15) is 0 Å². The molecule has 2 heterocycles. The summed E-state index contributed by atoms with van der Waals surface area (Å²) in [7, 11) is 0. The van der Waals surface area contributed by atoms with Gasteiger partial charge in [-0.2, -0.15) is 0 Å². The summed E-state index contributed by atoms with van der Waals surface area (Å²) in [5.41, 5.74) is 1.79. The van der Waals surface area contributed by atoms with Crippen molar-refractivity contribution in [1.82, 2.24) is 9.55 Å². The Morgan fingerprint density at radius 2 is 2.25 bits per heavy atom. The van der Waals surface area contributed by atoms with Gasteiger partial charge in [0.1, 0.15) is 5.82 Å². The molecule has 2 aromatic rings. The fourth-order valence-electron chi connectivity index (χ4n) is 3.06. The zero-order valence-electron chi connectivity index (χ0n) is 11.7. The number of benzene rings is 1. The molecule has 108 valence electrons. The van der Waals surface area contributed by atoms with Crippen molar-refractivity contribution in [2.45, 2.75) is 44.2 Å². The lowest BCUT2D eigenvalue weighted by atomic mass is 9.93. The summed E-state index contributed by atoms with van der Waals surface area (Å²) >= 11 is 12.5. The molecule has 3 nitrogen and oxygen atoms in total. The van der Waals surface area contributed by atoms with Crippen molar-refractivity contribution in [3.63, 3.8) is 0 Å². The molecule has 1 saturated heterocycles. The number of halogens is 2. The summed E-state index contributed by atoms with van der Waals surface area (Å²) in [5.74, 6) is 1.28. The number of para-hydroxylation sites is 1. The molecule has 0 radical (unpaired) electrons. The van der Waals surface area contributed by atoms with E-state index in [2.05, 4.69) is 23.4 Å². The van der Waals surface area contributed by atoms with Crippen LogP contribution in [0.3, 0.4) is 0 Å². The lowest BCUT2D eigenvalue weighted by Crippen LogP contribution is -2.35. The van der Waals surface area contributed by atoms with Crippen molar-refractivity contribution in [2.75, 3.05) is 6.61 Å². The number of hydrogen-bond acceptors (Lipinski definition) is 2. The van der Waals surface area contributed by atoms with E-state index in [1.165, 1.54) is 0 Å². The Morgan fingerprint density at radius 3 is 2.95 bits per heavy atom. The van der Waals surface area contributed by atoms with E-state index in [4.69, 9.17) is 27.9 Å². The average Bonchev–Trinajstić information content (AvgIpc) is 2.77. The highest BCUT2D eigenvalue weighted by Crippen LogP contribution is 2.37. The zero-order valence-corrected chi connectivity index (χ0v) is 13.2. The Labute approximate surface area is 128 Å². The number of ether oxygens (including phenoxy) is 1. The van der Waals surface area contributed by atoms with Crippen molar-refractivity contribution in [3.8, 4) is 0 Å². The number of rotatable bonds is 2. The molecule has 20 heavy (non-hydrogen) atoms. The van der Waals surface area contributed by atoms with Gasteiger partial charge in [0.25, 0.3) is 0 Å². The fourth-order valence-corrected chi connectivity index (χ4v) is 3.51. The second-order valence-corrected chi connectivity index (χ2v) is 6.57. The van der Waals surface area contributed by atoms with Crippen LogP contribution >= 0.6 is 23.2 Å². The van der Waals surface area contributed by atoms with Gasteiger partial charge in [0.05, 0.1) is 27.5 Å². The van der Waals surface area contributed by atoms with Crippen molar-refractivity contribution < 1.29 is 4.74 Å². The van der Waals surface area contributed by atoms with Crippen LogP contribution in [0.5, 0.6) is 0 Å². The fraction of sp³-hybridized carbons (Fsp3) is 0.533. The second-order valence-electron chi connectivity index (χ2n) is 5.89. The van der Waals surface area contributed by atoms with Gasteiger partial charge in [0.15, 0.2) is 0 Å². The zero-order chi connectivity index (χ0) is 14.3. The molecule has 1 aromatic carbocycles. The van der Waals surface area contributed by atoms with Gasteiger partial charge >= 0.3 is 0 Å². The van der Waals surface area contributed by atoms with Gasteiger partial charge in [-0.05, 0) is 38.8 Å². The van der Waals surface area contributed by atoms with Gasteiger partial charge in [-0.1, -0.05) is 17.7 Å². The largest absolute Gasteiger partial charge is 0.375 e. The van der Waals surface area contributed by atoms with Crippen LogP contribution in [-0.4, -0.2) is 21.8 Å². The van der Waals surface area contributed by atoms with Crippen LogP contribution in [0.2, 0.25) is 5.02 Å². The maximum absolute atomic E-state index is 6.39. The molecule has 1 aliphatic rings. The van der Waals surface area contributed by atoms with Gasteiger partial charge in [0, 0.05) is 12.6 Å².